The molecule has 0 unspecified atom stereocenters. The Kier molecular flexibility index (Phi) is 5.52. The van der Waals surface area contributed by atoms with Gasteiger partial charge in [-0.05, 0) is 59.0 Å². The van der Waals surface area contributed by atoms with Crippen molar-refractivity contribution in [1.82, 2.24) is 10.2 Å². The third-order valence-electron chi connectivity index (χ3n) is 3.24. The quantitative estimate of drug-likeness (QED) is 0.315. The largest absolute Gasteiger partial charge is 0.497 e. The number of Topliss-reactive ketones (excluding diaryl/α,β-unsaturated/α-hetero) is 1. The van der Waals surface area contributed by atoms with Crippen LogP contribution in [0.15, 0.2) is 58.2 Å². The summed E-state index contributed by atoms with van der Waals surface area (Å²) in [6, 6.07) is 14.8. The molecule has 0 N–H and O–H groups in total. The normalized spacial score (nSPS) is 10.6. The van der Waals surface area contributed by atoms with E-state index < -0.39 is 0 Å². The van der Waals surface area contributed by atoms with Gasteiger partial charge in [-0.2, -0.15) is 0 Å². The maximum atomic E-state index is 12.1. The SMILES string of the molecule is COc1ccc(-c2nnc(SCC(=O)c3ccc(I)cc3)o2)cc1. The predicted octanol–water partition coefficient (Wildman–Crippen LogP) is 4.32. The lowest BCUT2D eigenvalue weighted by atomic mass is 10.2. The number of methoxy groups -OCH3 is 1. The summed E-state index contributed by atoms with van der Waals surface area (Å²) in [5, 5.41) is 8.36. The molecule has 0 fully saturated rings. The Morgan fingerprint density at radius 1 is 1.12 bits per heavy atom. The van der Waals surface area contributed by atoms with Gasteiger partial charge in [0.15, 0.2) is 5.78 Å². The van der Waals surface area contributed by atoms with E-state index in [1.54, 1.807) is 7.11 Å². The average molecular weight is 452 g/mol. The molecule has 7 heteroatoms. The number of halogens is 1. The number of aromatic nitrogens is 2. The van der Waals surface area contributed by atoms with Crippen molar-refractivity contribution < 1.29 is 13.9 Å². The minimum Gasteiger partial charge on any atom is -0.497 e. The van der Waals surface area contributed by atoms with Gasteiger partial charge in [0.2, 0.25) is 5.89 Å². The summed E-state index contributed by atoms with van der Waals surface area (Å²) in [5.41, 5.74) is 1.48. The Balaban J connectivity index is 1.63. The third-order valence-corrected chi connectivity index (χ3v) is 4.77. The first-order valence-corrected chi connectivity index (χ1v) is 9.11. The van der Waals surface area contributed by atoms with Gasteiger partial charge in [-0.1, -0.05) is 23.9 Å². The maximum absolute atomic E-state index is 12.1. The second kappa shape index (κ2) is 7.80. The molecule has 0 aliphatic carbocycles. The van der Waals surface area contributed by atoms with Crippen molar-refractivity contribution >= 4 is 40.1 Å². The number of hydrogen-bond donors (Lipinski definition) is 0. The van der Waals surface area contributed by atoms with Gasteiger partial charge >= 0.3 is 0 Å². The Bertz CT molecular complexity index is 832. The molecule has 0 atom stereocenters. The van der Waals surface area contributed by atoms with Gasteiger partial charge in [-0.25, -0.2) is 0 Å². The average Bonchev–Trinajstić information content (AvgIpc) is 3.09. The van der Waals surface area contributed by atoms with Crippen LogP contribution in [-0.2, 0) is 0 Å². The third kappa shape index (κ3) is 4.15. The van der Waals surface area contributed by atoms with Crippen molar-refractivity contribution in [2.45, 2.75) is 5.22 Å². The van der Waals surface area contributed by atoms with Crippen molar-refractivity contribution in [3.05, 3.63) is 57.7 Å². The van der Waals surface area contributed by atoms with E-state index in [0.29, 0.717) is 16.7 Å². The van der Waals surface area contributed by atoms with Gasteiger partial charge in [0.25, 0.3) is 5.22 Å². The van der Waals surface area contributed by atoms with Crippen molar-refractivity contribution in [3.63, 3.8) is 0 Å². The lowest BCUT2D eigenvalue weighted by molar-refractivity contribution is 0.102. The first-order valence-electron chi connectivity index (χ1n) is 7.05. The van der Waals surface area contributed by atoms with Crippen molar-refractivity contribution in [1.29, 1.82) is 0 Å². The van der Waals surface area contributed by atoms with E-state index in [9.17, 15) is 4.79 Å². The minimum absolute atomic E-state index is 0.0283. The second-order valence-electron chi connectivity index (χ2n) is 4.82. The molecule has 0 amide bonds. The number of thioether (sulfide) groups is 1. The molecule has 1 heterocycles. The fourth-order valence-corrected chi connectivity index (χ4v) is 2.98. The zero-order chi connectivity index (χ0) is 16.9. The second-order valence-corrected chi connectivity index (χ2v) is 6.99. The fraction of sp³-hybridized carbons (Fsp3) is 0.118. The van der Waals surface area contributed by atoms with Crippen molar-refractivity contribution in [3.8, 4) is 17.2 Å². The molecule has 122 valence electrons. The number of carbonyl (C=O) groups excluding carboxylic acids is 1. The number of ketones is 1. The van der Waals surface area contributed by atoms with E-state index in [1.807, 2.05) is 48.5 Å². The summed E-state index contributed by atoms with van der Waals surface area (Å²) in [5.74, 6) is 1.46. The highest BCUT2D eigenvalue weighted by molar-refractivity contribution is 14.1. The van der Waals surface area contributed by atoms with Crippen molar-refractivity contribution in [2.75, 3.05) is 12.9 Å². The number of carbonyl (C=O) groups is 1. The zero-order valence-electron chi connectivity index (χ0n) is 12.7. The van der Waals surface area contributed by atoms with Crippen LogP contribution in [0.2, 0.25) is 0 Å². The van der Waals surface area contributed by atoms with Crippen molar-refractivity contribution in [2.24, 2.45) is 0 Å². The smallest absolute Gasteiger partial charge is 0.277 e. The number of rotatable bonds is 6. The lowest BCUT2D eigenvalue weighted by Gasteiger charge is -2.00. The summed E-state index contributed by atoms with van der Waals surface area (Å²) >= 11 is 3.44. The Labute approximate surface area is 157 Å². The van der Waals surface area contributed by atoms with Gasteiger partial charge < -0.3 is 9.15 Å². The van der Waals surface area contributed by atoms with Gasteiger partial charge in [0, 0.05) is 14.7 Å². The monoisotopic (exact) mass is 452 g/mol. The van der Waals surface area contributed by atoms with Crippen LogP contribution >= 0.6 is 34.4 Å². The highest BCUT2D eigenvalue weighted by Gasteiger charge is 2.12. The Hall–Kier alpha value is -1.87. The van der Waals surface area contributed by atoms with Crippen LogP contribution in [0, 0.1) is 3.57 Å². The highest BCUT2D eigenvalue weighted by Crippen LogP contribution is 2.25. The molecular weight excluding hydrogens is 439 g/mol. The van der Waals surface area contributed by atoms with Crippen LogP contribution in [-0.4, -0.2) is 28.8 Å². The van der Waals surface area contributed by atoms with Gasteiger partial charge in [-0.3, -0.25) is 4.79 Å². The van der Waals surface area contributed by atoms with E-state index in [-0.39, 0.29) is 11.5 Å². The standard InChI is InChI=1S/C17H13IN2O3S/c1-22-14-8-4-12(5-9-14)16-19-20-17(23-16)24-10-15(21)11-2-6-13(18)7-3-11/h2-9H,10H2,1H3. The first kappa shape index (κ1) is 17.0. The number of ether oxygens (including phenoxy) is 1. The topological polar surface area (TPSA) is 65.2 Å². The number of benzene rings is 2. The molecule has 2 aromatic carbocycles. The minimum atomic E-state index is 0.0283. The molecular formula is C17H13IN2O3S. The first-order chi connectivity index (χ1) is 11.7. The fourth-order valence-electron chi connectivity index (χ4n) is 1.96. The number of hydrogen-bond acceptors (Lipinski definition) is 6. The van der Waals surface area contributed by atoms with Crippen LogP contribution in [0.1, 0.15) is 10.4 Å². The molecule has 0 bridgehead atoms. The number of nitrogens with zero attached hydrogens (tertiary/aromatic N) is 2. The van der Waals surface area contributed by atoms with Gasteiger partial charge in [0.05, 0.1) is 12.9 Å². The molecule has 0 saturated carbocycles. The molecule has 0 saturated heterocycles. The van der Waals surface area contributed by atoms with Crippen LogP contribution in [0.25, 0.3) is 11.5 Å². The summed E-state index contributed by atoms with van der Waals surface area (Å²) in [4.78, 5) is 12.1. The molecule has 24 heavy (non-hydrogen) atoms. The van der Waals surface area contributed by atoms with E-state index >= 15 is 0 Å². The predicted molar refractivity (Wildman–Crippen MR) is 100 cm³/mol. The molecule has 1 aromatic heterocycles. The van der Waals surface area contributed by atoms with Crippen LogP contribution in [0.5, 0.6) is 5.75 Å². The Morgan fingerprint density at radius 3 is 2.50 bits per heavy atom. The molecule has 0 radical (unpaired) electrons. The van der Waals surface area contributed by atoms with Crippen LogP contribution in [0.4, 0.5) is 0 Å². The summed E-state index contributed by atoms with van der Waals surface area (Å²) < 4.78 is 11.8. The summed E-state index contributed by atoms with van der Waals surface area (Å²) in [7, 11) is 1.61. The molecule has 3 aromatic rings. The van der Waals surface area contributed by atoms with E-state index in [0.717, 1.165) is 14.9 Å². The van der Waals surface area contributed by atoms with Crippen LogP contribution in [0.3, 0.4) is 0 Å². The maximum Gasteiger partial charge on any atom is 0.277 e. The summed E-state index contributed by atoms with van der Waals surface area (Å²) in [6.45, 7) is 0. The summed E-state index contributed by atoms with van der Waals surface area (Å²) in [6.07, 6.45) is 0. The van der Waals surface area contributed by atoms with E-state index in [2.05, 4.69) is 32.8 Å². The van der Waals surface area contributed by atoms with E-state index in [4.69, 9.17) is 9.15 Å². The molecule has 0 aliphatic heterocycles. The van der Waals surface area contributed by atoms with Crippen LogP contribution < -0.4 is 4.74 Å². The molecule has 3 rings (SSSR count). The van der Waals surface area contributed by atoms with E-state index in [1.165, 1.54) is 11.8 Å². The zero-order valence-corrected chi connectivity index (χ0v) is 15.7. The highest BCUT2D eigenvalue weighted by atomic mass is 127. The van der Waals surface area contributed by atoms with Gasteiger partial charge in [-0.15, -0.1) is 10.2 Å². The molecule has 5 nitrogen and oxygen atoms in total. The van der Waals surface area contributed by atoms with Gasteiger partial charge in [0.1, 0.15) is 5.75 Å². The molecule has 0 spiro atoms. The molecule has 0 aliphatic rings. The Morgan fingerprint density at radius 2 is 1.83 bits per heavy atom. The lowest BCUT2D eigenvalue weighted by Crippen LogP contribution is -2.02.